The number of benzene rings is 2. The number of hydrogen-bond donors (Lipinski definition) is 0. The Hall–Kier alpha value is -1.87. The first-order valence-electron chi connectivity index (χ1n) is 9.97. The van der Waals surface area contributed by atoms with Gasteiger partial charge in [-0.2, -0.15) is 0 Å². The molecule has 3 heterocycles. The zero-order chi connectivity index (χ0) is 20.9. The first-order valence-corrected chi connectivity index (χ1v) is 11.7. The molecule has 0 unspecified atom stereocenters. The van der Waals surface area contributed by atoms with Gasteiger partial charge in [-0.05, 0) is 30.7 Å². The molecule has 2 fully saturated rings. The van der Waals surface area contributed by atoms with E-state index in [1.54, 1.807) is 4.90 Å². The summed E-state index contributed by atoms with van der Waals surface area (Å²) in [5, 5.41) is 0. The van der Waals surface area contributed by atoms with Gasteiger partial charge in [0.25, 0.3) is 5.91 Å². The van der Waals surface area contributed by atoms with E-state index < -0.39 is 4.87 Å². The molecule has 8 heteroatoms. The van der Waals surface area contributed by atoms with E-state index >= 15 is 0 Å². The summed E-state index contributed by atoms with van der Waals surface area (Å²) in [6, 6.07) is 13.7. The SMILES string of the molecule is Cc1ccc(N2C(=O)CS[C@@]23C(=O)N(CN2CCOCC2)c2ccccc23)cc1Br. The minimum Gasteiger partial charge on any atom is -0.379 e. The first-order chi connectivity index (χ1) is 14.5. The van der Waals surface area contributed by atoms with Gasteiger partial charge in [-0.1, -0.05) is 40.2 Å². The number of thioether (sulfide) groups is 1. The Kier molecular flexibility index (Phi) is 5.13. The number of anilines is 2. The molecule has 3 aliphatic rings. The fourth-order valence-corrected chi connectivity index (χ4v) is 6.09. The number of ether oxygens (including phenoxy) is 1. The standard InChI is InChI=1S/C22H22BrN3O3S/c1-15-6-7-16(12-18(15)23)26-20(27)13-30-22(26)17-4-2-3-5-19(17)25(21(22)28)14-24-8-10-29-11-9-24/h2-7,12H,8-11,13-14H2,1H3/t22-/m0/s1. The monoisotopic (exact) mass is 487 g/mol. The number of morpholine rings is 1. The molecule has 5 rings (SSSR count). The number of para-hydroxylation sites is 1. The number of halogens is 1. The van der Waals surface area contributed by atoms with Crippen LogP contribution in [0.15, 0.2) is 46.9 Å². The number of carbonyl (C=O) groups is 2. The van der Waals surface area contributed by atoms with E-state index in [1.807, 2.05) is 54.3 Å². The topological polar surface area (TPSA) is 53.1 Å². The van der Waals surface area contributed by atoms with Crippen molar-refractivity contribution < 1.29 is 14.3 Å². The summed E-state index contributed by atoms with van der Waals surface area (Å²) in [6.07, 6.45) is 0. The van der Waals surface area contributed by atoms with Crippen LogP contribution in [0.25, 0.3) is 0 Å². The fraction of sp³-hybridized carbons (Fsp3) is 0.364. The summed E-state index contributed by atoms with van der Waals surface area (Å²) in [6.45, 7) is 5.43. The highest BCUT2D eigenvalue weighted by molar-refractivity contribution is 9.10. The van der Waals surface area contributed by atoms with E-state index in [4.69, 9.17) is 4.74 Å². The molecular formula is C22H22BrN3O3S. The molecule has 1 atom stereocenters. The van der Waals surface area contributed by atoms with Gasteiger partial charge in [0, 0.05) is 28.8 Å². The van der Waals surface area contributed by atoms with Crippen molar-refractivity contribution in [1.82, 2.24) is 4.90 Å². The van der Waals surface area contributed by atoms with Crippen LogP contribution in [0.2, 0.25) is 0 Å². The Morgan fingerprint density at radius 2 is 1.90 bits per heavy atom. The van der Waals surface area contributed by atoms with Crippen LogP contribution in [0, 0.1) is 6.92 Å². The number of carbonyl (C=O) groups excluding carboxylic acids is 2. The van der Waals surface area contributed by atoms with Crippen molar-refractivity contribution in [2.75, 3.05) is 48.5 Å². The van der Waals surface area contributed by atoms with Crippen LogP contribution in [0.3, 0.4) is 0 Å². The third kappa shape index (κ3) is 3.00. The Bertz CT molecular complexity index is 1030. The van der Waals surface area contributed by atoms with Crippen molar-refractivity contribution in [2.24, 2.45) is 0 Å². The van der Waals surface area contributed by atoms with E-state index in [0.29, 0.717) is 19.9 Å². The van der Waals surface area contributed by atoms with Crippen molar-refractivity contribution in [3.8, 4) is 0 Å². The number of rotatable bonds is 3. The Labute approximate surface area is 188 Å². The van der Waals surface area contributed by atoms with Crippen molar-refractivity contribution in [2.45, 2.75) is 11.8 Å². The van der Waals surface area contributed by atoms with E-state index in [2.05, 4.69) is 20.8 Å². The molecule has 30 heavy (non-hydrogen) atoms. The Morgan fingerprint density at radius 3 is 2.67 bits per heavy atom. The maximum atomic E-state index is 14.0. The highest BCUT2D eigenvalue weighted by atomic mass is 79.9. The molecule has 0 aliphatic carbocycles. The van der Waals surface area contributed by atoms with Crippen LogP contribution < -0.4 is 9.80 Å². The number of fused-ring (bicyclic) bond motifs is 2. The van der Waals surface area contributed by atoms with E-state index in [9.17, 15) is 9.59 Å². The molecule has 1 spiro atoms. The normalized spacial score (nSPS) is 24.2. The van der Waals surface area contributed by atoms with Crippen molar-refractivity contribution in [3.63, 3.8) is 0 Å². The summed E-state index contributed by atoms with van der Waals surface area (Å²) in [5.74, 6) is 0.173. The van der Waals surface area contributed by atoms with Gasteiger partial charge < -0.3 is 4.74 Å². The number of amides is 2. The van der Waals surface area contributed by atoms with Crippen LogP contribution in [0.5, 0.6) is 0 Å². The third-order valence-electron chi connectivity index (χ3n) is 5.92. The smallest absolute Gasteiger partial charge is 0.269 e. The molecule has 2 aromatic rings. The largest absolute Gasteiger partial charge is 0.379 e. The van der Waals surface area contributed by atoms with Gasteiger partial charge in [0.2, 0.25) is 10.8 Å². The number of hydrogen-bond acceptors (Lipinski definition) is 5. The zero-order valence-electron chi connectivity index (χ0n) is 16.6. The highest BCUT2D eigenvalue weighted by Gasteiger charge is 2.61. The van der Waals surface area contributed by atoms with Crippen molar-refractivity contribution >= 4 is 50.9 Å². The molecule has 0 aromatic heterocycles. The van der Waals surface area contributed by atoms with Gasteiger partial charge in [0.15, 0.2) is 0 Å². The zero-order valence-corrected chi connectivity index (χ0v) is 19.0. The minimum atomic E-state index is -1.06. The molecule has 2 amide bonds. The van der Waals surface area contributed by atoms with Crippen molar-refractivity contribution in [3.05, 3.63) is 58.1 Å². The summed E-state index contributed by atoms with van der Waals surface area (Å²) >= 11 is 4.99. The van der Waals surface area contributed by atoms with E-state index in [-0.39, 0.29) is 17.6 Å². The summed E-state index contributed by atoms with van der Waals surface area (Å²) in [4.78, 5) is 31.8. The van der Waals surface area contributed by atoms with Crippen LogP contribution >= 0.6 is 27.7 Å². The van der Waals surface area contributed by atoms with Crippen molar-refractivity contribution in [1.29, 1.82) is 0 Å². The predicted octanol–water partition coefficient (Wildman–Crippen LogP) is 3.33. The van der Waals surface area contributed by atoms with Crippen LogP contribution in [-0.4, -0.2) is 55.4 Å². The maximum Gasteiger partial charge on any atom is 0.269 e. The lowest BCUT2D eigenvalue weighted by Gasteiger charge is -2.35. The van der Waals surface area contributed by atoms with Gasteiger partial charge in [0.1, 0.15) is 0 Å². The number of aryl methyl sites for hydroxylation is 1. The average molecular weight is 488 g/mol. The van der Waals surface area contributed by atoms with E-state index in [1.165, 1.54) is 11.8 Å². The van der Waals surface area contributed by atoms with Crippen LogP contribution in [-0.2, 0) is 19.2 Å². The molecule has 0 radical (unpaired) electrons. The maximum absolute atomic E-state index is 14.0. The number of nitrogens with zero attached hydrogens (tertiary/aromatic N) is 3. The van der Waals surface area contributed by atoms with E-state index in [0.717, 1.165) is 40.1 Å². The Balaban J connectivity index is 1.60. The van der Waals surface area contributed by atoms with Gasteiger partial charge in [-0.25, -0.2) is 0 Å². The molecular weight excluding hydrogens is 466 g/mol. The quantitative estimate of drug-likeness (QED) is 0.664. The predicted molar refractivity (Wildman–Crippen MR) is 122 cm³/mol. The average Bonchev–Trinajstić information content (AvgIpc) is 3.22. The summed E-state index contributed by atoms with van der Waals surface area (Å²) in [5.41, 5.74) is 3.58. The summed E-state index contributed by atoms with van der Waals surface area (Å²) < 4.78 is 6.38. The second-order valence-electron chi connectivity index (χ2n) is 7.72. The first kappa shape index (κ1) is 20.1. The molecule has 2 saturated heterocycles. The lowest BCUT2D eigenvalue weighted by molar-refractivity contribution is -0.124. The molecule has 0 saturated carbocycles. The Morgan fingerprint density at radius 1 is 1.13 bits per heavy atom. The molecule has 2 aromatic carbocycles. The summed E-state index contributed by atoms with van der Waals surface area (Å²) in [7, 11) is 0. The lowest BCUT2D eigenvalue weighted by Crippen LogP contribution is -2.52. The molecule has 3 aliphatic heterocycles. The van der Waals surface area contributed by atoms with Gasteiger partial charge in [0.05, 0.1) is 31.3 Å². The highest BCUT2D eigenvalue weighted by Crippen LogP contribution is 2.55. The van der Waals surface area contributed by atoms with Crippen LogP contribution in [0.4, 0.5) is 11.4 Å². The molecule has 156 valence electrons. The van der Waals surface area contributed by atoms with Gasteiger partial charge in [-0.3, -0.25) is 24.3 Å². The molecule has 6 nitrogen and oxygen atoms in total. The second-order valence-corrected chi connectivity index (χ2v) is 9.74. The second kappa shape index (κ2) is 7.67. The van der Waals surface area contributed by atoms with Gasteiger partial charge in [-0.15, -0.1) is 11.8 Å². The van der Waals surface area contributed by atoms with Gasteiger partial charge >= 0.3 is 0 Å². The third-order valence-corrected chi connectivity index (χ3v) is 8.16. The fourth-order valence-electron chi connectivity index (χ4n) is 4.36. The molecule has 0 N–H and O–H groups in total. The molecule has 0 bridgehead atoms. The minimum absolute atomic E-state index is 0.0490. The van der Waals surface area contributed by atoms with Crippen LogP contribution in [0.1, 0.15) is 11.1 Å². The lowest BCUT2D eigenvalue weighted by atomic mass is 10.0.